The minimum atomic E-state index is -0.541. The van der Waals surface area contributed by atoms with E-state index in [4.69, 9.17) is 0 Å². The zero-order valence-electron chi connectivity index (χ0n) is 15.0. The largest absolute Gasteiger partial charge is 0.321 e. The smallest absolute Gasteiger partial charge is 0.276 e. The van der Waals surface area contributed by atoms with E-state index in [1.54, 1.807) is 48.5 Å². The number of nitro benzene ring substituents is 1. The fraction of sp³-hybridized carbons (Fsp3) is 0. The highest BCUT2D eigenvalue weighted by Gasteiger charge is 2.18. The van der Waals surface area contributed by atoms with Crippen LogP contribution in [0.3, 0.4) is 0 Å². The molecule has 0 saturated carbocycles. The molecule has 0 unspecified atom stereocenters. The molecule has 0 aliphatic heterocycles. The van der Waals surface area contributed by atoms with Crippen molar-refractivity contribution in [2.45, 2.75) is 0 Å². The highest BCUT2D eigenvalue weighted by Crippen LogP contribution is 2.23. The van der Waals surface area contributed by atoms with Crippen LogP contribution in [0.15, 0.2) is 72.8 Å². The highest BCUT2D eigenvalue weighted by molar-refractivity contribution is 6.13. The van der Waals surface area contributed by atoms with Gasteiger partial charge in [0.15, 0.2) is 11.5 Å². The summed E-state index contributed by atoms with van der Waals surface area (Å²) in [5.41, 5.74) is 1.79. The fourth-order valence-electron chi connectivity index (χ4n) is 2.97. The highest BCUT2D eigenvalue weighted by atomic mass is 16.6. The quantitative estimate of drug-likeness (QED) is 0.306. The van der Waals surface area contributed by atoms with Crippen molar-refractivity contribution in [2.24, 2.45) is 0 Å². The number of benzene rings is 3. The van der Waals surface area contributed by atoms with Crippen molar-refractivity contribution in [3.8, 4) is 0 Å². The van der Waals surface area contributed by atoms with Crippen LogP contribution < -0.4 is 5.32 Å². The van der Waals surface area contributed by atoms with Gasteiger partial charge in [0.05, 0.1) is 10.4 Å². The molecule has 0 atom stereocenters. The number of H-pyrrole nitrogens is 1. The Hall–Kier alpha value is -4.33. The minimum Gasteiger partial charge on any atom is -0.321 e. The zero-order valence-corrected chi connectivity index (χ0v) is 15.0. The maximum Gasteiger partial charge on any atom is 0.276 e. The summed E-state index contributed by atoms with van der Waals surface area (Å²) >= 11 is 0. The molecular formula is C21H14N4O4. The Labute approximate surface area is 164 Å². The molecule has 0 bridgehead atoms. The molecule has 4 aromatic rings. The first kappa shape index (κ1) is 18.1. The fourth-order valence-corrected chi connectivity index (χ4v) is 2.97. The van der Waals surface area contributed by atoms with Gasteiger partial charge in [-0.1, -0.05) is 42.5 Å². The van der Waals surface area contributed by atoms with E-state index >= 15 is 0 Å². The molecule has 4 rings (SSSR count). The van der Waals surface area contributed by atoms with Crippen molar-refractivity contribution < 1.29 is 14.5 Å². The van der Waals surface area contributed by atoms with Crippen LogP contribution in [0, 0.1) is 10.1 Å². The second kappa shape index (κ2) is 7.35. The Bertz CT molecular complexity index is 1250. The van der Waals surface area contributed by atoms with E-state index in [0.29, 0.717) is 27.7 Å². The Morgan fingerprint density at radius 3 is 2.45 bits per heavy atom. The summed E-state index contributed by atoms with van der Waals surface area (Å²) in [4.78, 5) is 35.7. The van der Waals surface area contributed by atoms with Gasteiger partial charge in [-0.05, 0) is 18.2 Å². The second-order valence-corrected chi connectivity index (χ2v) is 6.29. The normalized spacial score (nSPS) is 10.6. The molecule has 0 spiro atoms. The predicted molar refractivity (Wildman–Crippen MR) is 107 cm³/mol. The number of non-ortho nitro benzene ring substituents is 1. The third-order valence-corrected chi connectivity index (χ3v) is 4.39. The number of rotatable bonds is 5. The van der Waals surface area contributed by atoms with E-state index in [0.717, 1.165) is 0 Å². The molecule has 0 aliphatic rings. The van der Waals surface area contributed by atoms with Gasteiger partial charge in [0.1, 0.15) is 0 Å². The van der Waals surface area contributed by atoms with Crippen LogP contribution in [0.1, 0.15) is 26.4 Å². The van der Waals surface area contributed by atoms with Crippen molar-refractivity contribution in [3.63, 3.8) is 0 Å². The van der Waals surface area contributed by atoms with Gasteiger partial charge in [0.2, 0.25) is 0 Å². The lowest BCUT2D eigenvalue weighted by molar-refractivity contribution is -0.384. The van der Waals surface area contributed by atoms with Crippen LogP contribution in [0.4, 0.5) is 11.4 Å². The number of fused-ring (bicyclic) bond motifs is 1. The zero-order chi connectivity index (χ0) is 20.4. The Morgan fingerprint density at radius 1 is 0.931 bits per heavy atom. The van der Waals surface area contributed by atoms with Crippen molar-refractivity contribution in [3.05, 3.63) is 99.7 Å². The molecular weight excluding hydrogens is 372 g/mol. The summed E-state index contributed by atoms with van der Waals surface area (Å²) in [5, 5.41) is 20.7. The van der Waals surface area contributed by atoms with Gasteiger partial charge >= 0.3 is 0 Å². The molecule has 29 heavy (non-hydrogen) atoms. The molecule has 1 amide bonds. The van der Waals surface area contributed by atoms with Crippen LogP contribution >= 0.6 is 0 Å². The van der Waals surface area contributed by atoms with Crippen LogP contribution in [0.5, 0.6) is 0 Å². The van der Waals surface area contributed by atoms with Gasteiger partial charge in [0.25, 0.3) is 11.6 Å². The van der Waals surface area contributed by atoms with E-state index < -0.39 is 10.8 Å². The molecule has 0 aliphatic carbocycles. The van der Waals surface area contributed by atoms with E-state index in [2.05, 4.69) is 15.5 Å². The minimum absolute atomic E-state index is 0.0310. The van der Waals surface area contributed by atoms with E-state index in [1.165, 1.54) is 18.2 Å². The first-order chi connectivity index (χ1) is 14.0. The summed E-state index contributed by atoms with van der Waals surface area (Å²) in [6, 6.07) is 19.5. The maximum absolute atomic E-state index is 12.7. The molecule has 2 N–H and O–H groups in total. The number of amides is 1. The number of aromatic nitrogens is 2. The Balaban J connectivity index is 1.61. The van der Waals surface area contributed by atoms with Crippen molar-refractivity contribution in [1.29, 1.82) is 0 Å². The number of nitro groups is 1. The van der Waals surface area contributed by atoms with E-state index in [9.17, 15) is 19.7 Å². The summed E-state index contributed by atoms with van der Waals surface area (Å²) in [6.07, 6.45) is 0. The van der Waals surface area contributed by atoms with Gasteiger partial charge in [-0.2, -0.15) is 5.10 Å². The molecule has 0 saturated heterocycles. The van der Waals surface area contributed by atoms with Crippen molar-refractivity contribution >= 4 is 34.0 Å². The maximum atomic E-state index is 12.7. The third kappa shape index (κ3) is 3.59. The standard InChI is InChI=1S/C21H14N4O4/c26-20(13-5-2-1-3-6-13)14-7-4-8-15(11-14)22-21(27)19-17-12-16(25(28)29)9-10-18(17)23-24-19/h1-12H,(H,22,27)(H,23,24). The molecule has 0 fully saturated rings. The first-order valence-corrected chi connectivity index (χ1v) is 8.66. The number of nitrogens with zero attached hydrogens (tertiary/aromatic N) is 2. The van der Waals surface area contributed by atoms with Gasteiger partial charge in [-0.3, -0.25) is 24.8 Å². The molecule has 0 radical (unpaired) electrons. The van der Waals surface area contributed by atoms with Crippen LogP contribution in [-0.2, 0) is 0 Å². The number of anilines is 1. The number of nitrogens with one attached hydrogen (secondary N) is 2. The molecule has 8 nitrogen and oxygen atoms in total. The molecule has 1 aromatic heterocycles. The number of carbonyl (C=O) groups excluding carboxylic acids is 2. The summed E-state index contributed by atoms with van der Waals surface area (Å²) in [7, 11) is 0. The summed E-state index contributed by atoms with van der Waals surface area (Å²) < 4.78 is 0. The van der Waals surface area contributed by atoms with Gasteiger partial charge in [0, 0.05) is 34.3 Å². The number of carbonyl (C=O) groups is 2. The summed E-state index contributed by atoms with van der Waals surface area (Å²) in [5.74, 6) is -0.705. The first-order valence-electron chi connectivity index (χ1n) is 8.66. The van der Waals surface area contributed by atoms with Gasteiger partial charge in [-0.25, -0.2) is 0 Å². The topological polar surface area (TPSA) is 118 Å². The number of hydrogen-bond donors (Lipinski definition) is 2. The van der Waals surface area contributed by atoms with E-state index in [-0.39, 0.29) is 17.2 Å². The average molecular weight is 386 g/mol. The lowest BCUT2D eigenvalue weighted by atomic mass is 10.0. The number of aromatic amines is 1. The van der Waals surface area contributed by atoms with Crippen LogP contribution in [0.25, 0.3) is 10.9 Å². The lowest BCUT2D eigenvalue weighted by Crippen LogP contribution is -2.13. The third-order valence-electron chi connectivity index (χ3n) is 4.39. The molecule has 8 heteroatoms. The van der Waals surface area contributed by atoms with Gasteiger partial charge in [-0.15, -0.1) is 0 Å². The SMILES string of the molecule is O=C(c1ccccc1)c1cccc(NC(=O)c2n[nH]c3ccc([N+](=O)[O-])cc23)c1. The average Bonchev–Trinajstić information content (AvgIpc) is 3.17. The monoisotopic (exact) mass is 386 g/mol. The summed E-state index contributed by atoms with van der Waals surface area (Å²) in [6.45, 7) is 0. The Morgan fingerprint density at radius 2 is 1.69 bits per heavy atom. The Kier molecular flexibility index (Phi) is 4.58. The molecule has 3 aromatic carbocycles. The number of ketones is 1. The van der Waals surface area contributed by atoms with Gasteiger partial charge < -0.3 is 5.32 Å². The van der Waals surface area contributed by atoms with Crippen molar-refractivity contribution in [1.82, 2.24) is 10.2 Å². The van der Waals surface area contributed by atoms with E-state index in [1.807, 2.05) is 6.07 Å². The van der Waals surface area contributed by atoms with Crippen molar-refractivity contribution in [2.75, 3.05) is 5.32 Å². The van der Waals surface area contributed by atoms with Crippen LogP contribution in [-0.4, -0.2) is 26.8 Å². The second-order valence-electron chi connectivity index (χ2n) is 6.29. The number of hydrogen-bond acceptors (Lipinski definition) is 5. The molecule has 1 heterocycles. The molecule has 142 valence electrons. The predicted octanol–water partition coefficient (Wildman–Crippen LogP) is 3.95. The van der Waals surface area contributed by atoms with Crippen LogP contribution in [0.2, 0.25) is 0 Å². The lowest BCUT2D eigenvalue weighted by Gasteiger charge is -2.06.